The first-order chi connectivity index (χ1) is 16.4. The third kappa shape index (κ3) is 5.40. The number of aryl methyl sites for hydroxylation is 1. The van der Waals surface area contributed by atoms with Crippen molar-refractivity contribution in [2.75, 3.05) is 6.54 Å². The number of amides is 2. The number of carboxylic acid groups (broad SMARTS) is 1. The highest BCUT2D eigenvalue weighted by molar-refractivity contribution is 5.68. The number of carbonyl (C=O) groups is 2. The first-order valence-electron chi connectivity index (χ1n) is 11.9. The zero-order valence-corrected chi connectivity index (χ0v) is 21.0. The standard InChI is InChI=1S/C28H35FN2O4/c1-6-14-28(30-25(32)35-19-21-10-8-7-9-11-21)15-16-31(26(33)34,27(3,4)5)24(18-28)23-13-12-22(29)17-20(23)2/h6-13,17,24H,1,14-16,18-19H2,2-5H3,(H-,30,32,33,34)/t24-,28+,31?/m1/s1. The van der Waals surface area contributed by atoms with Gasteiger partial charge in [-0.25, -0.2) is 9.18 Å². The van der Waals surface area contributed by atoms with Crippen LogP contribution in [0.5, 0.6) is 0 Å². The number of nitrogens with one attached hydrogen (secondary N) is 1. The number of halogens is 1. The summed E-state index contributed by atoms with van der Waals surface area (Å²) in [7, 11) is 0. The molecule has 35 heavy (non-hydrogen) atoms. The molecule has 6 nitrogen and oxygen atoms in total. The van der Waals surface area contributed by atoms with Gasteiger partial charge in [0.25, 0.3) is 6.09 Å². The van der Waals surface area contributed by atoms with Crippen molar-refractivity contribution in [2.24, 2.45) is 0 Å². The Bertz CT molecular complexity index is 1080. The average Bonchev–Trinajstić information content (AvgIpc) is 2.77. The van der Waals surface area contributed by atoms with Gasteiger partial charge in [-0.2, -0.15) is 0 Å². The number of carbonyl (C=O) groups excluding carboxylic acids is 2. The Morgan fingerprint density at radius 1 is 1.26 bits per heavy atom. The van der Waals surface area contributed by atoms with E-state index >= 15 is 0 Å². The molecule has 3 rings (SSSR count). The summed E-state index contributed by atoms with van der Waals surface area (Å²) in [4.78, 5) is 25.7. The lowest BCUT2D eigenvalue weighted by molar-refractivity contribution is -0.953. The molecule has 7 heteroatoms. The number of nitrogens with zero attached hydrogens (tertiary/aromatic N) is 1. The summed E-state index contributed by atoms with van der Waals surface area (Å²) in [6, 6.07) is 13.2. The number of ether oxygens (including phenoxy) is 1. The van der Waals surface area contributed by atoms with Crippen LogP contribution in [0, 0.1) is 12.7 Å². The minimum absolute atomic E-state index is 0.123. The lowest BCUT2D eigenvalue weighted by Gasteiger charge is -2.58. The van der Waals surface area contributed by atoms with Crippen molar-refractivity contribution in [1.29, 1.82) is 0 Å². The molecular formula is C28H35FN2O4. The summed E-state index contributed by atoms with van der Waals surface area (Å²) in [5, 5.41) is 15.8. The van der Waals surface area contributed by atoms with Crippen molar-refractivity contribution >= 4 is 12.2 Å². The number of piperidine rings is 1. The highest BCUT2D eigenvalue weighted by Gasteiger charge is 2.57. The quantitative estimate of drug-likeness (QED) is 0.455. The van der Waals surface area contributed by atoms with Gasteiger partial charge in [-0.3, -0.25) is 4.48 Å². The van der Waals surface area contributed by atoms with Crippen LogP contribution in [0.3, 0.4) is 0 Å². The second-order valence-corrected chi connectivity index (χ2v) is 10.5. The van der Waals surface area contributed by atoms with Crippen LogP contribution in [0.1, 0.15) is 62.8 Å². The van der Waals surface area contributed by atoms with Gasteiger partial charge in [-0.05, 0) is 63.4 Å². The van der Waals surface area contributed by atoms with E-state index in [1.165, 1.54) is 12.1 Å². The summed E-state index contributed by atoms with van der Waals surface area (Å²) in [6.07, 6.45) is 1.09. The van der Waals surface area contributed by atoms with Gasteiger partial charge in [0.15, 0.2) is 0 Å². The molecule has 1 aliphatic rings. The van der Waals surface area contributed by atoms with Gasteiger partial charge in [-0.1, -0.05) is 36.4 Å². The monoisotopic (exact) mass is 482 g/mol. The number of hydrogen-bond donors (Lipinski definition) is 1. The Balaban J connectivity index is 1.98. The number of benzene rings is 2. The van der Waals surface area contributed by atoms with Crippen molar-refractivity contribution in [1.82, 2.24) is 5.32 Å². The fourth-order valence-electron chi connectivity index (χ4n) is 5.43. The number of quaternary nitrogens is 1. The Hall–Kier alpha value is -3.19. The fourth-order valence-corrected chi connectivity index (χ4v) is 5.43. The van der Waals surface area contributed by atoms with Crippen molar-refractivity contribution in [2.45, 2.75) is 70.7 Å². The highest BCUT2D eigenvalue weighted by Crippen LogP contribution is 2.49. The van der Waals surface area contributed by atoms with E-state index in [1.807, 2.05) is 51.1 Å². The molecule has 0 aliphatic carbocycles. The maximum absolute atomic E-state index is 13.9. The predicted molar refractivity (Wildman–Crippen MR) is 131 cm³/mol. The maximum Gasteiger partial charge on any atom is 0.407 e. The Morgan fingerprint density at radius 3 is 2.51 bits per heavy atom. The van der Waals surface area contributed by atoms with E-state index < -0.39 is 29.3 Å². The molecule has 1 N–H and O–H groups in total. The van der Waals surface area contributed by atoms with Gasteiger partial charge in [0.2, 0.25) is 0 Å². The highest BCUT2D eigenvalue weighted by atomic mass is 19.1. The van der Waals surface area contributed by atoms with Crippen LogP contribution in [0.15, 0.2) is 61.2 Å². The van der Waals surface area contributed by atoms with Gasteiger partial charge in [0, 0.05) is 18.4 Å². The minimum Gasteiger partial charge on any atom is -0.498 e. The van der Waals surface area contributed by atoms with Crippen LogP contribution in [0.25, 0.3) is 0 Å². The first-order valence-corrected chi connectivity index (χ1v) is 11.9. The SMILES string of the molecule is C=CC[C@]1(NC(=O)OCc2ccccc2)CC[N+](C(=O)[O-])(C(C)(C)C)[C@@H](c2ccc(F)cc2C)C1. The Labute approximate surface area is 207 Å². The van der Waals surface area contributed by atoms with Crippen LogP contribution in [0.2, 0.25) is 0 Å². The fraction of sp³-hybridized carbons (Fsp3) is 0.429. The first kappa shape index (κ1) is 26.4. The van der Waals surface area contributed by atoms with Crippen molar-refractivity contribution < 1.29 is 28.3 Å². The molecule has 0 bridgehead atoms. The summed E-state index contributed by atoms with van der Waals surface area (Å²) in [6.45, 7) is 11.6. The summed E-state index contributed by atoms with van der Waals surface area (Å²) in [5.41, 5.74) is 0.758. The molecule has 0 spiro atoms. The van der Waals surface area contributed by atoms with Gasteiger partial charge < -0.3 is 20.0 Å². The van der Waals surface area contributed by atoms with E-state index in [4.69, 9.17) is 4.74 Å². The van der Waals surface area contributed by atoms with Gasteiger partial charge in [0.05, 0.1) is 17.6 Å². The van der Waals surface area contributed by atoms with Gasteiger partial charge >= 0.3 is 6.09 Å². The van der Waals surface area contributed by atoms with Crippen molar-refractivity contribution in [3.8, 4) is 0 Å². The van der Waals surface area contributed by atoms with E-state index in [0.717, 1.165) is 11.1 Å². The molecule has 1 fully saturated rings. The molecule has 0 radical (unpaired) electrons. The average molecular weight is 483 g/mol. The molecule has 0 aromatic heterocycles. The second kappa shape index (κ2) is 10.2. The minimum atomic E-state index is -1.19. The molecule has 1 aliphatic heterocycles. The molecule has 0 saturated carbocycles. The molecule has 3 atom stereocenters. The lowest BCUT2D eigenvalue weighted by Crippen LogP contribution is -2.74. The molecule has 1 unspecified atom stereocenters. The zero-order valence-electron chi connectivity index (χ0n) is 21.0. The third-order valence-corrected chi connectivity index (χ3v) is 7.29. The normalized spacial score (nSPS) is 24.4. The summed E-state index contributed by atoms with van der Waals surface area (Å²) < 4.78 is 19.1. The van der Waals surface area contributed by atoms with E-state index in [-0.39, 0.29) is 23.5 Å². The van der Waals surface area contributed by atoms with E-state index in [0.29, 0.717) is 24.8 Å². The molecule has 2 aromatic carbocycles. The molecule has 2 amide bonds. The van der Waals surface area contributed by atoms with Crippen LogP contribution in [-0.4, -0.2) is 34.3 Å². The smallest absolute Gasteiger partial charge is 0.407 e. The van der Waals surface area contributed by atoms with Crippen molar-refractivity contribution in [3.63, 3.8) is 0 Å². The van der Waals surface area contributed by atoms with E-state index in [1.54, 1.807) is 19.1 Å². The number of hydrogen-bond acceptors (Lipinski definition) is 4. The van der Waals surface area contributed by atoms with Gasteiger partial charge in [0.1, 0.15) is 18.5 Å². The topological polar surface area (TPSA) is 78.5 Å². The molecule has 1 heterocycles. The number of alkyl carbamates (subject to hydrolysis) is 1. The molecule has 1 saturated heterocycles. The van der Waals surface area contributed by atoms with Crippen LogP contribution in [0.4, 0.5) is 14.0 Å². The maximum atomic E-state index is 13.9. The number of likely N-dealkylation sites (tertiary alicyclic amines) is 1. The molecular weight excluding hydrogens is 447 g/mol. The van der Waals surface area contributed by atoms with Crippen LogP contribution in [-0.2, 0) is 11.3 Å². The number of rotatable bonds is 6. The second-order valence-electron chi connectivity index (χ2n) is 10.5. The Morgan fingerprint density at radius 2 is 1.94 bits per heavy atom. The summed E-state index contributed by atoms with van der Waals surface area (Å²) in [5.74, 6) is -0.385. The van der Waals surface area contributed by atoms with E-state index in [9.17, 15) is 19.1 Å². The van der Waals surface area contributed by atoms with Gasteiger partial charge in [-0.15, -0.1) is 6.58 Å². The Kier molecular flexibility index (Phi) is 7.70. The van der Waals surface area contributed by atoms with E-state index in [2.05, 4.69) is 11.9 Å². The van der Waals surface area contributed by atoms with Crippen LogP contribution >= 0.6 is 0 Å². The third-order valence-electron chi connectivity index (χ3n) is 7.29. The van der Waals surface area contributed by atoms with Crippen LogP contribution < -0.4 is 10.4 Å². The summed E-state index contributed by atoms with van der Waals surface area (Å²) >= 11 is 0. The molecule has 2 aromatic rings. The largest absolute Gasteiger partial charge is 0.498 e. The lowest BCUT2D eigenvalue weighted by atomic mass is 9.74. The zero-order chi connectivity index (χ0) is 25.9. The predicted octanol–water partition coefficient (Wildman–Crippen LogP) is 5.17. The van der Waals surface area contributed by atoms with Crippen molar-refractivity contribution in [3.05, 3.63) is 83.7 Å². The molecule has 188 valence electrons.